The van der Waals surface area contributed by atoms with Crippen LogP contribution in [0.1, 0.15) is 6.92 Å². The van der Waals surface area contributed by atoms with Crippen LogP contribution in [0.25, 0.3) is 0 Å². The lowest BCUT2D eigenvalue weighted by Gasteiger charge is -1.79. The van der Waals surface area contributed by atoms with Gasteiger partial charge in [0.2, 0.25) is 0 Å². The van der Waals surface area contributed by atoms with Crippen molar-refractivity contribution in [3.63, 3.8) is 0 Å². The first kappa shape index (κ1) is 9.97. The van der Waals surface area contributed by atoms with Gasteiger partial charge in [0.25, 0.3) is 6.47 Å². The highest BCUT2D eigenvalue weighted by Crippen LogP contribution is 2.07. The van der Waals surface area contributed by atoms with Crippen LogP contribution in [0.5, 0.6) is 0 Å². The molecule has 0 fully saturated rings. The van der Waals surface area contributed by atoms with Crippen molar-refractivity contribution >= 4 is 22.8 Å². The summed E-state index contributed by atoms with van der Waals surface area (Å²) < 4.78 is 4.15. The molecule has 0 aliphatic rings. The van der Waals surface area contributed by atoms with Gasteiger partial charge in [-0.1, -0.05) is 0 Å². The Morgan fingerprint density at radius 3 is 2.64 bits per heavy atom. The molecule has 0 unspecified atom stereocenters. The molecule has 1 aromatic heterocycles. The van der Waals surface area contributed by atoms with E-state index in [1.165, 1.54) is 0 Å². The number of anilines is 1. The van der Waals surface area contributed by atoms with E-state index in [1.807, 2.05) is 17.5 Å². The summed E-state index contributed by atoms with van der Waals surface area (Å²) in [5.41, 5.74) is 5.30. The van der Waals surface area contributed by atoms with Crippen LogP contribution >= 0.6 is 11.3 Å². The second-order valence-corrected chi connectivity index (χ2v) is 2.55. The van der Waals surface area contributed by atoms with Crippen LogP contribution in [0.2, 0.25) is 0 Å². The summed E-state index contributed by atoms with van der Waals surface area (Å²) in [4.78, 5) is 9.18. The Bertz CT molecular complexity index is 175. The third-order valence-corrected chi connectivity index (χ3v) is 1.48. The van der Waals surface area contributed by atoms with Crippen LogP contribution in [0.15, 0.2) is 17.5 Å². The minimum Gasteiger partial charge on any atom is -0.468 e. The number of ether oxygens (including phenoxy) is 1. The van der Waals surface area contributed by atoms with E-state index in [2.05, 4.69) is 4.74 Å². The van der Waals surface area contributed by atoms with Crippen LogP contribution in [-0.4, -0.2) is 13.1 Å². The number of carbonyl (C=O) groups excluding carboxylic acids is 1. The van der Waals surface area contributed by atoms with Crippen LogP contribution in [0, 0.1) is 0 Å². The lowest BCUT2D eigenvalue weighted by Crippen LogP contribution is -1.80. The first-order valence-corrected chi connectivity index (χ1v) is 4.03. The minimum atomic E-state index is 0.431. The van der Waals surface area contributed by atoms with E-state index >= 15 is 0 Å². The number of nitrogen functional groups attached to an aromatic ring is 1. The van der Waals surface area contributed by atoms with Crippen LogP contribution < -0.4 is 5.73 Å². The van der Waals surface area contributed by atoms with Gasteiger partial charge in [-0.05, 0) is 24.4 Å². The molecule has 1 aromatic rings. The molecule has 0 saturated heterocycles. The van der Waals surface area contributed by atoms with Crippen LogP contribution in [-0.2, 0) is 9.53 Å². The molecule has 11 heavy (non-hydrogen) atoms. The summed E-state index contributed by atoms with van der Waals surface area (Å²) in [5.74, 6) is 0. The SMILES string of the molecule is CCOC=O.Nc1cccs1. The third-order valence-electron chi connectivity index (χ3n) is 0.778. The molecule has 0 aliphatic heterocycles. The van der Waals surface area contributed by atoms with E-state index in [0.29, 0.717) is 13.1 Å². The van der Waals surface area contributed by atoms with Crippen molar-refractivity contribution in [3.05, 3.63) is 17.5 Å². The highest BCUT2D eigenvalue weighted by atomic mass is 32.1. The number of rotatable bonds is 2. The quantitative estimate of drug-likeness (QED) is 0.690. The Labute approximate surface area is 69.8 Å². The molecule has 0 spiro atoms. The van der Waals surface area contributed by atoms with E-state index in [-0.39, 0.29) is 0 Å². The lowest BCUT2D eigenvalue weighted by molar-refractivity contribution is -0.128. The molecular weight excluding hydrogens is 162 g/mol. The number of carbonyl (C=O) groups is 1. The Morgan fingerprint density at radius 2 is 2.55 bits per heavy atom. The summed E-state index contributed by atoms with van der Waals surface area (Å²) in [7, 11) is 0. The maximum Gasteiger partial charge on any atom is 0.293 e. The average molecular weight is 173 g/mol. The fourth-order valence-electron chi connectivity index (χ4n) is 0.359. The van der Waals surface area contributed by atoms with Gasteiger partial charge in [0.15, 0.2) is 0 Å². The molecule has 3 nitrogen and oxygen atoms in total. The molecule has 0 aromatic carbocycles. The molecule has 0 atom stereocenters. The van der Waals surface area contributed by atoms with Crippen molar-refractivity contribution in [2.24, 2.45) is 0 Å². The Hall–Kier alpha value is -1.03. The van der Waals surface area contributed by atoms with E-state index in [9.17, 15) is 4.79 Å². The molecule has 1 rings (SSSR count). The van der Waals surface area contributed by atoms with Crippen molar-refractivity contribution in [2.45, 2.75) is 6.92 Å². The Balaban J connectivity index is 0.000000187. The first-order chi connectivity index (χ1) is 5.31. The van der Waals surface area contributed by atoms with Crippen molar-refractivity contribution in [1.82, 2.24) is 0 Å². The molecular formula is C7H11NO2S. The summed E-state index contributed by atoms with van der Waals surface area (Å²) in [5, 5.41) is 2.84. The summed E-state index contributed by atoms with van der Waals surface area (Å²) in [6.45, 7) is 2.66. The molecule has 0 aliphatic carbocycles. The predicted molar refractivity (Wildman–Crippen MR) is 46.4 cm³/mol. The highest BCUT2D eigenvalue weighted by molar-refractivity contribution is 7.13. The number of nitrogens with two attached hydrogens (primary N) is 1. The van der Waals surface area contributed by atoms with E-state index < -0.39 is 0 Å². The second kappa shape index (κ2) is 7.08. The standard InChI is InChI=1S/C4H5NS.C3H6O2/c5-4-2-1-3-6-4;1-2-5-3-4/h1-3H,5H2;3H,2H2,1H3. The molecule has 0 amide bonds. The number of hydrogen-bond acceptors (Lipinski definition) is 4. The van der Waals surface area contributed by atoms with Gasteiger partial charge in [0, 0.05) is 0 Å². The smallest absolute Gasteiger partial charge is 0.293 e. The predicted octanol–water partition coefficient (Wildman–Crippen LogP) is 1.51. The monoisotopic (exact) mass is 173 g/mol. The van der Waals surface area contributed by atoms with E-state index in [4.69, 9.17) is 5.73 Å². The normalized spacial score (nSPS) is 7.73. The van der Waals surface area contributed by atoms with Gasteiger partial charge < -0.3 is 10.5 Å². The summed E-state index contributed by atoms with van der Waals surface area (Å²) in [6, 6.07) is 3.81. The maximum atomic E-state index is 9.18. The zero-order chi connectivity index (χ0) is 8.53. The number of hydrogen-bond donors (Lipinski definition) is 1. The average Bonchev–Trinajstić information content (AvgIpc) is 2.43. The van der Waals surface area contributed by atoms with E-state index in [1.54, 1.807) is 18.3 Å². The molecule has 2 N–H and O–H groups in total. The lowest BCUT2D eigenvalue weighted by atomic mass is 10.6. The Morgan fingerprint density at radius 1 is 1.82 bits per heavy atom. The molecule has 0 saturated carbocycles. The third kappa shape index (κ3) is 6.86. The van der Waals surface area contributed by atoms with Gasteiger partial charge in [-0.2, -0.15) is 0 Å². The maximum absolute atomic E-state index is 9.18. The second-order valence-electron chi connectivity index (χ2n) is 1.57. The van der Waals surface area contributed by atoms with Gasteiger partial charge >= 0.3 is 0 Å². The Kier molecular flexibility index (Phi) is 6.42. The fourth-order valence-corrected chi connectivity index (χ4v) is 0.831. The first-order valence-electron chi connectivity index (χ1n) is 3.15. The molecule has 0 radical (unpaired) electrons. The molecule has 1 heterocycles. The summed E-state index contributed by atoms with van der Waals surface area (Å²) in [6.07, 6.45) is 0. The fraction of sp³-hybridized carbons (Fsp3) is 0.286. The van der Waals surface area contributed by atoms with E-state index in [0.717, 1.165) is 5.00 Å². The van der Waals surface area contributed by atoms with Crippen molar-refractivity contribution < 1.29 is 9.53 Å². The number of thiophene rings is 1. The summed E-state index contributed by atoms with van der Waals surface area (Å²) >= 11 is 1.56. The van der Waals surface area contributed by atoms with Gasteiger partial charge in [-0.15, -0.1) is 11.3 Å². The zero-order valence-electron chi connectivity index (χ0n) is 6.32. The van der Waals surface area contributed by atoms with Crippen molar-refractivity contribution in [1.29, 1.82) is 0 Å². The van der Waals surface area contributed by atoms with Gasteiger partial charge in [0.05, 0.1) is 11.6 Å². The van der Waals surface area contributed by atoms with Crippen LogP contribution in [0.3, 0.4) is 0 Å². The van der Waals surface area contributed by atoms with Crippen LogP contribution in [0.4, 0.5) is 5.00 Å². The minimum absolute atomic E-state index is 0.431. The topological polar surface area (TPSA) is 52.3 Å². The van der Waals surface area contributed by atoms with Crippen molar-refractivity contribution in [3.8, 4) is 0 Å². The molecule has 4 heteroatoms. The highest BCUT2D eigenvalue weighted by Gasteiger charge is 1.75. The molecule has 62 valence electrons. The van der Waals surface area contributed by atoms with Gasteiger partial charge in [-0.25, -0.2) is 0 Å². The zero-order valence-corrected chi connectivity index (χ0v) is 7.14. The van der Waals surface area contributed by atoms with Crippen molar-refractivity contribution in [2.75, 3.05) is 12.3 Å². The molecule has 0 bridgehead atoms. The van der Waals surface area contributed by atoms with Gasteiger partial charge in [-0.3, -0.25) is 4.79 Å². The largest absolute Gasteiger partial charge is 0.468 e. The van der Waals surface area contributed by atoms with Gasteiger partial charge in [0.1, 0.15) is 0 Å².